The summed E-state index contributed by atoms with van der Waals surface area (Å²) in [5.41, 5.74) is 1.76. The number of carbonyl (C=O) groups is 1. The van der Waals surface area contributed by atoms with E-state index in [2.05, 4.69) is 44.0 Å². The third kappa shape index (κ3) is 3.85. The number of amides is 1. The Morgan fingerprint density at radius 3 is 2.27 bits per heavy atom. The second-order valence-electron chi connectivity index (χ2n) is 7.01. The maximum absolute atomic E-state index is 12.7. The van der Waals surface area contributed by atoms with Crippen LogP contribution in [0.2, 0.25) is 0 Å². The molecule has 136 valence electrons. The molecule has 0 unspecified atom stereocenters. The quantitative estimate of drug-likeness (QED) is 0.844. The van der Waals surface area contributed by atoms with Crippen molar-refractivity contribution >= 4 is 11.7 Å². The smallest absolute Gasteiger partial charge is 0.274 e. The van der Waals surface area contributed by atoms with E-state index in [9.17, 15) is 4.79 Å². The van der Waals surface area contributed by atoms with Gasteiger partial charge in [0.05, 0.1) is 12.4 Å². The Morgan fingerprint density at radius 1 is 0.885 bits per heavy atom. The molecule has 0 N–H and O–H groups in total. The highest BCUT2D eigenvalue weighted by Crippen LogP contribution is 2.17. The minimum atomic E-state index is -0.00941. The van der Waals surface area contributed by atoms with Crippen LogP contribution in [0, 0.1) is 0 Å². The minimum absolute atomic E-state index is 0.00941. The van der Waals surface area contributed by atoms with Gasteiger partial charge in [0.25, 0.3) is 5.91 Å². The second kappa shape index (κ2) is 7.83. The lowest BCUT2D eigenvalue weighted by molar-refractivity contribution is 0.0622. The van der Waals surface area contributed by atoms with Crippen LogP contribution in [0.25, 0.3) is 0 Å². The lowest BCUT2D eigenvalue weighted by atomic mass is 10.2. The van der Waals surface area contributed by atoms with Gasteiger partial charge in [-0.25, -0.2) is 9.97 Å². The first kappa shape index (κ1) is 17.0. The van der Waals surface area contributed by atoms with Gasteiger partial charge in [-0.3, -0.25) is 9.69 Å². The molecule has 1 aromatic heterocycles. The number of nitrogens with zero attached hydrogens (tertiary/aromatic N) is 5. The van der Waals surface area contributed by atoms with Crippen LogP contribution in [0.5, 0.6) is 0 Å². The van der Waals surface area contributed by atoms with E-state index in [1.54, 1.807) is 12.4 Å². The van der Waals surface area contributed by atoms with Crippen LogP contribution < -0.4 is 4.90 Å². The van der Waals surface area contributed by atoms with Crippen LogP contribution in [-0.2, 0) is 6.54 Å². The maximum Gasteiger partial charge on any atom is 0.274 e. The monoisotopic (exact) mass is 351 g/mol. The van der Waals surface area contributed by atoms with Gasteiger partial charge in [0.2, 0.25) is 0 Å². The summed E-state index contributed by atoms with van der Waals surface area (Å²) in [7, 11) is 0. The van der Waals surface area contributed by atoms with E-state index in [1.807, 2.05) is 11.0 Å². The van der Waals surface area contributed by atoms with Crippen molar-refractivity contribution in [2.24, 2.45) is 0 Å². The molecule has 1 aromatic carbocycles. The maximum atomic E-state index is 12.7. The van der Waals surface area contributed by atoms with Gasteiger partial charge < -0.3 is 9.80 Å². The zero-order valence-electron chi connectivity index (χ0n) is 15.0. The van der Waals surface area contributed by atoms with Crippen LogP contribution in [0.3, 0.4) is 0 Å². The number of piperazine rings is 1. The van der Waals surface area contributed by atoms with E-state index in [-0.39, 0.29) is 5.91 Å². The van der Waals surface area contributed by atoms with Crippen molar-refractivity contribution in [3.63, 3.8) is 0 Å². The summed E-state index contributed by atoms with van der Waals surface area (Å²) in [5, 5.41) is 0. The Labute approximate surface area is 154 Å². The summed E-state index contributed by atoms with van der Waals surface area (Å²) >= 11 is 0. The molecule has 2 aromatic rings. The highest BCUT2D eigenvalue weighted by atomic mass is 16.2. The largest absolute Gasteiger partial charge is 0.355 e. The highest BCUT2D eigenvalue weighted by molar-refractivity contribution is 5.92. The Bertz CT molecular complexity index is 720. The fourth-order valence-electron chi connectivity index (χ4n) is 3.65. The number of anilines is 1. The van der Waals surface area contributed by atoms with Gasteiger partial charge >= 0.3 is 0 Å². The molecule has 2 fully saturated rings. The zero-order chi connectivity index (χ0) is 17.8. The number of benzene rings is 1. The number of hydrogen-bond donors (Lipinski definition) is 0. The molecule has 4 rings (SSSR count). The summed E-state index contributed by atoms with van der Waals surface area (Å²) in [4.78, 5) is 28.0. The van der Waals surface area contributed by atoms with E-state index in [4.69, 9.17) is 0 Å². The number of rotatable bonds is 4. The molecule has 6 nitrogen and oxygen atoms in total. The third-order valence-corrected chi connectivity index (χ3v) is 5.20. The van der Waals surface area contributed by atoms with E-state index in [0.29, 0.717) is 5.69 Å². The predicted octanol–water partition coefficient (Wildman–Crippen LogP) is 2.03. The van der Waals surface area contributed by atoms with E-state index in [1.165, 1.54) is 18.4 Å². The lowest BCUT2D eigenvalue weighted by Crippen LogP contribution is -2.48. The Morgan fingerprint density at radius 2 is 1.62 bits per heavy atom. The fraction of sp³-hybridized carbons (Fsp3) is 0.450. The predicted molar refractivity (Wildman–Crippen MR) is 101 cm³/mol. The van der Waals surface area contributed by atoms with Gasteiger partial charge in [-0.1, -0.05) is 30.3 Å². The summed E-state index contributed by atoms with van der Waals surface area (Å²) in [6.45, 7) is 6.26. The van der Waals surface area contributed by atoms with Crippen molar-refractivity contribution in [2.45, 2.75) is 19.4 Å². The van der Waals surface area contributed by atoms with Gasteiger partial charge in [0, 0.05) is 45.8 Å². The SMILES string of the molecule is O=C(c1cnc(N2CCCC2)cn1)N1CCN(Cc2ccccc2)CC1. The van der Waals surface area contributed by atoms with Crippen LogP contribution in [0.15, 0.2) is 42.7 Å². The van der Waals surface area contributed by atoms with Crippen molar-refractivity contribution in [1.82, 2.24) is 19.8 Å². The molecule has 3 heterocycles. The van der Waals surface area contributed by atoms with Gasteiger partial charge in [-0.05, 0) is 18.4 Å². The van der Waals surface area contributed by atoms with Crippen molar-refractivity contribution in [2.75, 3.05) is 44.2 Å². The fourth-order valence-corrected chi connectivity index (χ4v) is 3.65. The molecule has 0 radical (unpaired) electrons. The van der Waals surface area contributed by atoms with Crippen molar-refractivity contribution < 1.29 is 4.79 Å². The lowest BCUT2D eigenvalue weighted by Gasteiger charge is -2.34. The topological polar surface area (TPSA) is 52.6 Å². The van der Waals surface area contributed by atoms with Crippen LogP contribution in [0.4, 0.5) is 5.82 Å². The Hall–Kier alpha value is -2.47. The molecule has 0 spiro atoms. The summed E-state index contributed by atoms with van der Waals surface area (Å²) < 4.78 is 0. The molecule has 26 heavy (non-hydrogen) atoms. The zero-order valence-corrected chi connectivity index (χ0v) is 15.0. The average molecular weight is 351 g/mol. The van der Waals surface area contributed by atoms with Crippen LogP contribution >= 0.6 is 0 Å². The molecule has 0 bridgehead atoms. The number of hydrogen-bond acceptors (Lipinski definition) is 5. The molecule has 0 aliphatic carbocycles. The Balaban J connectivity index is 1.31. The van der Waals surface area contributed by atoms with Gasteiger partial charge in [0.1, 0.15) is 11.5 Å². The second-order valence-corrected chi connectivity index (χ2v) is 7.01. The van der Waals surface area contributed by atoms with Gasteiger partial charge in [-0.2, -0.15) is 0 Å². The first-order valence-corrected chi connectivity index (χ1v) is 9.42. The summed E-state index contributed by atoms with van der Waals surface area (Å²) in [6.07, 6.45) is 5.78. The standard InChI is InChI=1S/C20H25N5O/c26-20(18-14-22-19(15-21-18)24-8-4-5-9-24)25-12-10-23(11-13-25)16-17-6-2-1-3-7-17/h1-3,6-7,14-15H,4-5,8-13,16H2. The van der Waals surface area contributed by atoms with Crippen molar-refractivity contribution in [1.29, 1.82) is 0 Å². The first-order chi connectivity index (χ1) is 12.8. The first-order valence-electron chi connectivity index (χ1n) is 9.42. The minimum Gasteiger partial charge on any atom is -0.355 e. The molecule has 0 atom stereocenters. The average Bonchev–Trinajstić information content (AvgIpc) is 3.24. The third-order valence-electron chi connectivity index (χ3n) is 5.20. The van der Waals surface area contributed by atoms with Crippen molar-refractivity contribution in [3.05, 3.63) is 54.0 Å². The van der Waals surface area contributed by atoms with Gasteiger partial charge in [0.15, 0.2) is 0 Å². The molecule has 0 saturated carbocycles. The van der Waals surface area contributed by atoms with E-state index in [0.717, 1.165) is 51.6 Å². The summed E-state index contributed by atoms with van der Waals surface area (Å²) in [5.74, 6) is 0.872. The molecule has 1 amide bonds. The molecule has 2 aliphatic rings. The molecular weight excluding hydrogens is 326 g/mol. The number of aromatic nitrogens is 2. The van der Waals surface area contributed by atoms with Gasteiger partial charge in [-0.15, -0.1) is 0 Å². The van der Waals surface area contributed by atoms with Crippen LogP contribution in [-0.4, -0.2) is 64.9 Å². The molecule has 2 saturated heterocycles. The van der Waals surface area contributed by atoms with Crippen LogP contribution in [0.1, 0.15) is 28.9 Å². The Kier molecular flexibility index (Phi) is 5.11. The normalized spacial score (nSPS) is 18.3. The molecular formula is C20H25N5O. The molecule has 2 aliphatic heterocycles. The van der Waals surface area contributed by atoms with Crippen molar-refractivity contribution in [3.8, 4) is 0 Å². The molecule has 6 heteroatoms. The highest BCUT2D eigenvalue weighted by Gasteiger charge is 2.23. The summed E-state index contributed by atoms with van der Waals surface area (Å²) in [6, 6.07) is 10.5. The number of carbonyl (C=O) groups excluding carboxylic acids is 1. The van der Waals surface area contributed by atoms with E-state index >= 15 is 0 Å². The van der Waals surface area contributed by atoms with E-state index < -0.39 is 0 Å².